The first-order chi connectivity index (χ1) is 14.7. The normalized spacial score (nSPS) is 11.3. The first kappa shape index (κ1) is 18.6. The molecule has 2 aromatic heterocycles. The van der Waals surface area contributed by atoms with E-state index < -0.39 is 0 Å². The number of hydrogen-bond donors (Lipinski definition) is 1. The molecule has 0 spiro atoms. The Morgan fingerprint density at radius 2 is 1.70 bits per heavy atom. The fourth-order valence-corrected chi connectivity index (χ4v) is 3.70. The minimum atomic E-state index is 0.742. The second kappa shape index (κ2) is 7.76. The summed E-state index contributed by atoms with van der Waals surface area (Å²) in [4.78, 5) is 4.91. The third-order valence-corrected chi connectivity index (χ3v) is 5.45. The van der Waals surface area contributed by atoms with Gasteiger partial charge in [-0.3, -0.25) is 0 Å². The van der Waals surface area contributed by atoms with E-state index >= 15 is 0 Å². The number of nitrogens with one attached hydrogen (secondary N) is 1. The zero-order valence-corrected chi connectivity index (χ0v) is 17.3. The van der Waals surface area contributed by atoms with E-state index in [2.05, 4.69) is 65.0 Å². The molecule has 0 unspecified atom stereocenters. The van der Waals surface area contributed by atoms with Crippen molar-refractivity contribution >= 4 is 34.0 Å². The number of aryl methyl sites for hydroxylation is 1. The molecule has 30 heavy (non-hydrogen) atoms. The van der Waals surface area contributed by atoms with Crippen LogP contribution in [-0.4, -0.2) is 26.4 Å². The van der Waals surface area contributed by atoms with E-state index in [1.54, 1.807) is 0 Å². The fourth-order valence-electron chi connectivity index (χ4n) is 3.57. The minimum absolute atomic E-state index is 0.742. The van der Waals surface area contributed by atoms with Crippen LogP contribution in [0.5, 0.6) is 0 Å². The molecule has 2 heterocycles. The summed E-state index contributed by atoms with van der Waals surface area (Å²) >= 11 is 5.99. The first-order valence-corrected chi connectivity index (χ1v) is 10.3. The lowest BCUT2D eigenvalue weighted by atomic mass is 10.1. The maximum atomic E-state index is 5.99. The summed E-state index contributed by atoms with van der Waals surface area (Å²) in [5.41, 5.74) is 5.93. The van der Waals surface area contributed by atoms with Crippen molar-refractivity contribution in [3.63, 3.8) is 0 Å². The molecule has 0 bridgehead atoms. The Balaban J connectivity index is 1.53. The molecule has 148 valence electrons. The highest BCUT2D eigenvalue weighted by Crippen LogP contribution is 2.28. The van der Waals surface area contributed by atoms with E-state index in [0.717, 1.165) is 51.6 Å². The van der Waals surface area contributed by atoms with Crippen molar-refractivity contribution in [2.45, 2.75) is 13.3 Å². The molecule has 5 nitrogen and oxygen atoms in total. The van der Waals surface area contributed by atoms with Crippen LogP contribution in [0.15, 0.2) is 72.8 Å². The number of anilines is 1. The van der Waals surface area contributed by atoms with Gasteiger partial charge in [-0.05, 0) is 43.2 Å². The summed E-state index contributed by atoms with van der Waals surface area (Å²) in [7, 11) is 0. The van der Waals surface area contributed by atoms with E-state index in [1.807, 2.05) is 34.8 Å². The van der Waals surface area contributed by atoms with Gasteiger partial charge in [0.1, 0.15) is 11.5 Å². The van der Waals surface area contributed by atoms with E-state index in [4.69, 9.17) is 16.6 Å². The first-order valence-electron chi connectivity index (χ1n) is 9.88. The smallest absolute Gasteiger partial charge is 0.186 e. The summed E-state index contributed by atoms with van der Waals surface area (Å²) in [6.45, 7) is 2.83. The van der Waals surface area contributed by atoms with Crippen molar-refractivity contribution in [1.29, 1.82) is 0 Å². The van der Waals surface area contributed by atoms with Gasteiger partial charge in [0, 0.05) is 22.5 Å². The number of benzene rings is 3. The van der Waals surface area contributed by atoms with Gasteiger partial charge in [-0.25, -0.2) is 4.98 Å². The van der Waals surface area contributed by atoms with Crippen molar-refractivity contribution in [3.8, 4) is 11.3 Å². The van der Waals surface area contributed by atoms with Gasteiger partial charge in [0.15, 0.2) is 5.65 Å². The predicted octanol–water partition coefficient (Wildman–Crippen LogP) is 5.56. The molecule has 0 saturated heterocycles. The molecule has 5 aromatic rings. The number of fused-ring (bicyclic) bond motifs is 3. The van der Waals surface area contributed by atoms with Gasteiger partial charge in [-0.15, -0.1) is 5.10 Å². The van der Waals surface area contributed by atoms with Gasteiger partial charge in [-0.1, -0.05) is 70.9 Å². The highest BCUT2D eigenvalue weighted by molar-refractivity contribution is 6.30. The zero-order valence-electron chi connectivity index (χ0n) is 16.5. The molecule has 0 aliphatic carbocycles. The lowest BCUT2D eigenvalue weighted by molar-refractivity contribution is 0.876. The molecule has 5 rings (SSSR count). The molecule has 6 heteroatoms. The Labute approximate surface area is 179 Å². The van der Waals surface area contributed by atoms with Gasteiger partial charge >= 0.3 is 0 Å². The van der Waals surface area contributed by atoms with Gasteiger partial charge in [-0.2, -0.15) is 4.52 Å². The summed E-state index contributed by atoms with van der Waals surface area (Å²) < 4.78 is 1.81. The molecule has 0 atom stereocenters. The summed E-state index contributed by atoms with van der Waals surface area (Å²) in [5, 5.41) is 14.1. The van der Waals surface area contributed by atoms with Gasteiger partial charge in [0.05, 0.1) is 5.52 Å². The molecule has 0 amide bonds. The fraction of sp³-hybridized carbons (Fsp3) is 0.125. The summed E-state index contributed by atoms with van der Waals surface area (Å²) in [5.74, 6) is 0.836. The average molecular weight is 414 g/mol. The highest BCUT2D eigenvalue weighted by Gasteiger charge is 2.15. The maximum absolute atomic E-state index is 5.99. The zero-order chi connectivity index (χ0) is 20.5. The van der Waals surface area contributed by atoms with E-state index in [0.29, 0.717) is 0 Å². The van der Waals surface area contributed by atoms with Gasteiger partial charge in [0.25, 0.3) is 0 Å². The van der Waals surface area contributed by atoms with Crippen molar-refractivity contribution in [2.75, 3.05) is 11.9 Å². The van der Waals surface area contributed by atoms with Crippen molar-refractivity contribution < 1.29 is 0 Å². The number of aromatic nitrogens is 4. The lowest BCUT2D eigenvalue weighted by Crippen LogP contribution is -2.08. The molecule has 0 aliphatic heterocycles. The molecule has 0 saturated carbocycles. The van der Waals surface area contributed by atoms with Gasteiger partial charge < -0.3 is 5.32 Å². The number of para-hydroxylation sites is 1. The standard InChI is InChI=1S/C24H20ClN5/c1-16-6-10-18(11-7-16)22-24-27-23(26-15-14-17-8-12-19(25)13-9-17)20-4-2-3-5-21(20)30(24)29-28-22/h2-13H,14-15H2,1H3,(H,26,27). The molecule has 0 fully saturated rings. The number of rotatable bonds is 5. The average Bonchev–Trinajstić information content (AvgIpc) is 3.20. The van der Waals surface area contributed by atoms with Crippen LogP contribution in [0.25, 0.3) is 27.8 Å². The van der Waals surface area contributed by atoms with Crippen LogP contribution in [0.4, 0.5) is 5.82 Å². The van der Waals surface area contributed by atoms with Crippen LogP contribution in [0, 0.1) is 6.92 Å². The maximum Gasteiger partial charge on any atom is 0.186 e. The van der Waals surface area contributed by atoms with Crippen molar-refractivity contribution in [3.05, 3.63) is 88.9 Å². The van der Waals surface area contributed by atoms with Crippen molar-refractivity contribution in [2.24, 2.45) is 0 Å². The van der Waals surface area contributed by atoms with Crippen molar-refractivity contribution in [1.82, 2.24) is 19.8 Å². The molecule has 0 radical (unpaired) electrons. The Hall–Kier alpha value is -3.44. The molecular weight excluding hydrogens is 394 g/mol. The van der Waals surface area contributed by atoms with E-state index in [-0.39, 0.29) is 0 Å². The monoisotopic (exact) mass is 413 g/mol. The van der Waals surface area contributed by atoms with Crippen LogP contribution in [0.3, 0.4) is 0 Å². The number of nitrogens with zero attached hydrogens (tertiary/aromatic N) is 4. The van der Waals surface area contributed by atoms with Crippen LogP contribution < -0.4 is 5.32 Å². The molecule has 1 N–H and O–H groups in total. The third-order valence-electron chi connectivity index (χ3n) is 5.20. The second-order valence-corrected chi connectivity index (χ2v) is 7.76. The molecule has 0 aliphatic rings. The van der Waals surface area contributed by atoms with E-state index in [9.17, 15) is 0 Å². The number of hydrogen-bond acceptors (Lipinski definition) is 4. The predicted molar refractivity (Wildman–Crippen MR) is 122 cm³/mol. The second-order valence-electron chi connectivity index (χ2n) is 7.32. The Morgan fingerprint density at radius 1 is 0.933 bits per heavy atom. The van der Waals surface area contributed by atoms with Crippen LogP contribution in [0.1, 0.15) is 11.1 Å². The Kier molecular flexibility index (Phi) is 4.81. The minimum Gasteiger partial charge on any atom is -0.369 e. The van der Waals surface area contributed by atoms with Crippen LogP contribution in [0.2, 0.25) is 5.02 Å². The largest absolute Gasteiger partial charge is 0.369 e. The molecule has 3 aromatic carbocycles. The van der Waals surface area contributed by atoms with E-state index in [1.165, 1.54) is 11.1 Å². The van der Waals surface area contributed by atoms with Crippen LogP contribution in [-0.2, 0) is 6.42 Å². The van der Waals surface area contributed by atoms with Crippen LogP contribution >= 0.6 is 11.6 Å². The topological polar surface area (TPSA) is 55.1 Å². The quantitative estimate of drug-likeness (QED) is 0.409. The van der Waals surface area contributed by atoms with Gasteiger partial charge in [0.2, 0.25) is 0 Å². The SMILES string of the molecule is Cc1ccc(-c2nnn3c2nc(NCCc2ccc(Cl)cc2)c2ccccc23)cc1. The Bertz CT molecular complexity index is 1320. The molecular formula is C24H20ClN5. The number of halogens is 1. The third kappa shape index (κ3) is 3.48. The lowest BCUT2D eigenvalue weighted by Gasteiger charge is -2.10. The summed E-state index contributed by atoms with van der Waals surface area (Å²) in [6, 6.07) is 24.3. The summed E-state index contributed by atoms with van der Waals surface area (Å²) in [6.07, 6.45) is 0.876. The highest BCUT2D eigenvalue weighted by atomic mass is 35.5. The Morgan fingerprint density at radius 3 is 2.50 bits per heavy atom.